The van der Waals surface area contributed by atoms with Gasteiger partial charge < -0.3 is 10.1 Å². The Labute approximate surface area is 213 Å². The normalized spacial score (nSPS) is 14.1. The van der Waals surface area contributed by atoms with Gasteiger partial charge in [-0.2, -0.15) is 0 Å². The first kappa shape index (κ1) is 23.2. The molecule has 5 nitrogen and oxygen atoms in total. The molecule has 1 fully saturated rings. The minimum Gasteiger partial charge on any atom is -0.490 e. The smallest absolute Gasteiger partial charge is 0.160 e. The lowest BCUT2D eigenvalue weighted by Gasteiger charge is -2.24. The zero-order valence-electron chi connectivity index (χ0n) is 20.0. The molecule has 1 saturated heterocycles. The van der Waals surface area contributed by atoms with E-state index in [-0.39, 0.29) is 11.7 Å². The van der Waals surface area contributed by atoms with E-state index in [1.807, 2.05) is 48.7 Å². The molecule has 4 heterocycles. The number of fused-ring (bicyclic) bond motifs is 1. The third kappa shape index (κ3) is 4.90. The van der Waals surface area contributed by atoms with Crippen LogP contribution >= 0.6 is 0 Å². The molecule has 7 heteroatoms. The third-order valence-corrected chi connectivity index (χ3v) is 6.59. The highest BCUT2D eigenvalue weighted by Crippen LogP contribution is 2.34. The Morgan fingerprint density at radius 3 is 2.57 bits per heavy atom. The Morgan fingerprint density at radius 2 is 1.68 bits per heavy atom. The number of benzene rings is 2. The lowest BCUT2D eigenvalue weighted by molar-refractivity contribution is 0.162. The van der Waals surface area contributed by atoms with Gasteiger partial charge in [-0.15, -0.1) is 0 Å². The fourth-order valence-electron chi connectivity index (χ4n) is 4.73. The first-order chi connectivity index (χ1) is 18.1. The molecular weight excluding hydrogens is 470 g/mol. The number of aromatic nitrogens is 3. The Balaban J connectivity index is 1.41. The highest BCUT2D eigenvalue weighted by Gasteiger charge is 2.16. The standard InChI is InChI=1S/C30H24F2N4O/c31-22-6-7-28(32)27(15-22)29-16-26(25-5-2-10-35-30(25)36-29)21-13-20(17-34-18-21)19-3-1-4-24(14-19)37-23-8-11-33-12-9-23/h1-7,10,13-18,23,33H,8-9,11-12H2. The Hall–Kier alpha value is -4.23. The molecular formula is C30H24F2N4O. The van der Waals surface area contributed by atoms with Crippen molar-refractivity contribution in [2.75, 3.05) is 13.1 Å². The van der Waals surface area contributed by atoms with E-state index in [2.05, 4.69) is 20.3 Å². The monoisotopic (exact) mass is 494 g/mol. The first-order valence-electron chi connectivity index (χ1n) is 12.3. The molecule has 37 heavy (non-hydrogen) atoms. The van der Waals surface area contributed by atoms with Gasteiger partial charge in [-0.1, -0.05) is 12.1 Å². The second-order valence-corrected chi connectivity index (χ2v) is 9.11. The van der Waals surface area contributed by atoms with Gasteiger partial charge in [0.15, 0.2) is 5.65 Å². The number of pyridine rings is 3. The number of piperidine rings is 1. The number of nitrogens with one attached hydrogen (secondary N) is 1. The van der Waals surface area contributed by atoms with Crippen molar-refractivity contribution in [3.05, 3.63) is 97.0 Å². The maximum Gasteiger partial charge on any atom is 0.160 e. The van der Waals surface area contributed by atoms with Crippen molar-refractivity contribution in [3.63, 3.8) is 0 Å². The highest BCUT2D eigenvalue weighted by atomic mass is 19.1. The van der Waals surface area contributed by atoms with Crippen molar-refractivity contribution < 1.29 is 13.5 Å². The molecule has 3 aromatic heterocycles. The van der Waals surface area contributed by atoms with E-state index < -0.39 is 11.6 Å². The van der Waals surface area contributed by atoms with Gasteiger partial charge >= 0.3 is 0 Å². The average Bonchev–Trinajstić information content (AvgIpc) is 2.94. The number of halogens is 2. The van der Waals surface area contributed by atoms with Crippen molar-refractivity contribution in [3.8, 4) is 39.3 Å². The van der Waals surface area contributed by atoms with Gasteiger partial charge in [0.25, 0.3) is 0 Å². The van der Waals surface area contributed by atoms with Crippen LogP contribution in [-0.4, -0.2) is 34.1 Å². The largest absolute Gasteiger partial charge is 0.490 e. The Morgan fingerprint density at radius 1 is 0.811 bits per heavy atom. The molecule has 0 amide bonds. The zero-order valence-corrected chi connectivity index (χ0v) is 20.0. The summed E-state index contributed by atoms with van der Waals surface area (Å²) in [5.41, 5.74) is 4.34. The molecule has 0 atom stereocenters. The van der Waals surface area contributed by atoms with Crippen molar-refractivity contribution in [1.29, 1.82) is 0 Å². The molecule has 0 bridgehead atoms. The topological polar surface area (TPSA) is 59.9 Å². The summed E-state index contributed by atoms with van der Waals surface area (Å²) in [4.78, 5) is 13.4. The lowest BCUT2D eigenvalue weighted by Crippen LogP contribution is -2.34. The quantitative estimate of drug-likeness (QED) is 0.305. The van der Waals surface area contributed by atoms with Gasteiger partial charge in [-0.25, -0.2) is 18.7 Å². The van der Waals surface area contributed by atoms with Gasteiger partial charge in [-0.05, 0) is 91.7 Å². The molecule has 0 spiro atoms. The van der Waals surface area contributed by atoms with Crippen LogP contribution < -0.4 is 10.1 Å². The number of rotatable bonds is 5. The van der Waals surface area contributed by atoms with Gasteiger partial charge in [-0.3, -0.25) is 4.98 Å². The minimum atomic E-state index is -0.549. The third-order valence-electron chi connectivity index (χ3n) is 6.59. The zero-order chi connectivity index (χ0) is 25.2. The summed E-state index contributed by atoms with van der Waals surface area (Å²) in [6, 6.07) is 18.9. The van der Waals surface area contributed by atoms with E-state index in [4.69, 9.17) is 4.74 Å². The molecule has 1 N–H and O–H groups in total. The van der Waals surface area contributed by atoms with Crippen LogP contribution in [0.15, 0.2) is 85.3 Å². The summed E-state index contributed by atoms with van der Waals surface area (Å²) >= 11 is 0. The molecule has 1 aliphatic rings. The number of hydrogen-bond donors (Lipinski definition) is 1. The summed E-state index contributed by atoms with van der Waals surface area (Å²) in [7, 11) is 0. The highest BCUT2D eigenvalue weighted by molar-refractivity contribution is 5.95. The summed E-state index contributed by atoms with van der Waals surface area (Å²) in [5, 5.41) is 4.15. The summed E-state index contributed by atoms with van der Waals surface area (Å²) in [5.74, 6) is -0.249. The molecule has 184 valence electrons. The van der Waals surface area contributed by atoms with E-state index in [1.165, 1.54) is 0 Å². The predicted molar refractivity (Wildman–Crippen MR) is 140 cm³/mol. The SMILES string of the molecule is Fc1ccc(F)c(-c2cc(-c3cncc(-c4cccc(OC5CCNCC5)c4)c3)c3cccnc3n2)c1. The van der Waals surface area contributed by atoms with Crippen LogP contribution in [0.4, 0.5) is 8.78 Å². The molecule has 0 saturated carbocycles. The molecule has 6 rings (SSSR count). The van der Waals surface area contributed by atoms with E-state index in [0.717, 1.165) is 77.5 Å². The van der Waals surface area contributed by atoms with Crippen molar-refractivity contribution in [2.45, 2.75) is 18.9 Å². The van der Waals surface area contributed by atoms with Crippen LogP contribution in [0.2, 0.25) is 0 Å². The minimum absolute atomic E-state index is 0.0840. The lowest BCUT2D eigenvalue weighted by atomic mass is 9.98. The summed E-state index contributed by atoms with van der Waals surface area (Å²) in [6.45, 7) is 1.93. The van der Waals surface area contributed by atoms with Crippen molar-refractivity contribution >= 4 is 11.0 Å². The molecule has 0 unspecified atom stereocenters. The second-order valence-electron chi connectivity index (χ2n) is 9.11. The van der Waals surface area contributed by atoms with Crippen molar-refractivity contribution in [2.24, 2.45) is 0 Å². The number of hydrogen-bond acceptors (Lipinski definition) is 5. The van der Waals surface area contributed by atoms with Crippen LogP contribution in [-0.2, 0) is 0 Å². The van der Waals surface area contributed by atoms with E-state index in [9.17, 15) is 8.78 Å². The van der Waals surface area contributed by atoms with Crippen molar-refractivity contribution in [1.82, 2.24) is 20.3 Å². The maximum atomic E-state index is 14.6. The molecule has 0 radical (unpaired) electrons. The Kier molecular flexibility index (Phi) is 6.28. The van der Waals surface area contributed by atoms with Gasteiger partial charge in [0, 0.05) is 40.7 Å². The molecule has 2 aromatic carbocycles. The fraction of sp³-hybridized carbons (Fsp3) is 0.167. The number of ether oxygens (including phenoxy) is 1. The van der Waals surface area contributed by atoms with Crippen LogP contribution in [0.5, 0.6) is 5.75 Å². The van der Waals surface area contributed by atoms with Gasteiger partial charge in [0.05, 0.1) is 5.69 Å². The molecule has 5 aromatic rings. The van der Waals surface area contributed by atoms with Crippen LogP contribution in [0.1, 0.15) is 12.8 Å². The predicted octanol–water partition coefficient (Wildman–Crippen LogP) is 6.43. The van der Waals surface area contributed by atoms with Crippen LogP contribution in [0.3, 0.4) is 0 Å². The van der Waals surface area contributed by atoms with E-state index >= 15 is 0 Å². The van der Waals surface area contributed by atoms with Gasteiger partial charge in [0.2, 0.25) is 0 Å². The number of nitrogens with zero attached hydrogens (tertiary/aromatic N) is 3. The average molecular weight is 495 g/mol. The van der Waals surface area contributed by atoms with Crippen LogP contribution in [0, 0.1) is 11.6 Å². The van der Waals surface area contributed by atoms with Gasteiger partial charge in [0.1, 0.15) is 23.5 Å². The maximum absolute atomic E-state index is 14.6. The first-order valence-corrected chi connectivity index (χ1v) is 12.3. The van der Waals surface area contributed by atoms with Crippen LogP contribution in [0.25, 0.3) is 44.5 Å². The van der Waals surface area contributed by atoms with E-state index in [1.54, 1.807) is 18.5 Å². The summed E-state index contributed by atoms with van der Waals surface area (Å²) < 4.78 is 34.8. The molecule has 1 aliphatic heterocycles. The molecule has 0 aliphatic carbocycles. The fourth-order valence-corrected chi connectivity index (χ4v) is 4.73. The van der Waals surface area contributed by atoms with E-state index in [0.29, 0.717) is 11.3 Å². The summed E-state index contributed by atoms with van der Waals surface area (Å²) in [6.07, 6.45) is 7.37. The Bertz CT molecular complexity index is 1580. The second kappa shape index (κ2) is 10.0.